The summed E-state index contributed by atoms with van der Waals surface area (Å²) in [6.45, 7) is 5.65. The Kier molecular flexibility index (Phi) is 6.07. The van der Waals surface area contributed by atoms with Gasteiger partial charge in [0.15, 0.2) is 0 Å². The molecule has 1 rings (SSSR count). The van der Waals surface area contributed by atoms with Gasteiger partial charge in [0, 0.05) is 10.5 Å². The molecule has 0 heterocycles. The van der Waals surface area contributed by atoms with Crippen LogP contribution < -0.4 is 4.90 Å². The van der Waals surface area contributed by atoms with Gasteiger partial charge in [-0.2, -0.15) is 13.2 Å². The number of anilines is 1. The zero-order valence-corrected chi connectivity index (χ0v) is 13.6. The predicted molar refractivity (Wildman–Crippen MR) is 78.3 cm³/mol. The van der Waals surface area contributed by atoms with Gasteiger partial charge in [-0.05, 0) is 54.9 Å². The lowest BCUT2D eigenvalue weighted by atomic mass is 10.1. The summed E-state index contributed by atoms with van der Waals surface area (Å²) in [6.07, 6.45) is -4.40. The molecule has 0 aromatic heterocycles. The van der Waals surface area contributed by atoms with E-state index in [0.29, 0.717) is 5.69 Å². The average molecular weight is 368 g/mol. The molecular weight excluding hydrogens is 351 g/mol. The van der Waals surface area contributed by atoms with Crippen LogP contribution >= 0.6 is 15.9 Å². The number of benzene rings is 1. The molecule has 0 radical (unpaired) electrons. The number of carbonyl (C=O) groups is 1. The monoisotopic (exact) mass is 367 g/mol. The van der Waals surface area contributed by atoms with Crippen molar-refractivity contribution in [1.82, 2.24) is 0 Å². The zero-order chi connectivity index (χ0) is 16.2. The van der Waals surface area contributed by atoms with E-state index in [0.717, 1.165) is 12.1 Å². The molecule has 0 saturated heterocycles. The second-order valence-corrected chi connectivity index (χ2v) is 5.54. The summed E-state index contributed by atoms with van der Waals surface area (Å²) in [7, 11) is 0. The molecule has 0 unspecified atom stereocenters. The maximum atomic E-state index is 12.7. The SMILES string of the molecule is CCOC(=O)CN(c1ccc(C(F)(F)F)cc1Br)C(C)C. The number of nitrogens with zero attached hydrogens (tertiary/aromatic N) is 1. The van der Waals surface area contributed by atoms with E-state index in [9.17, 15) is 18.0 Å². The van der Waals surface area contributed by atoms with E-state index >= 15 is 0 Å². The van der Waals surface area contributed by atoms with Crippen LogP contribution in [0.4, 0.5) is 18.9 Å². The van der Waals surface area contributed by atoms with Gasteiger partial charge in [-0.3, -0.25) is 4.79 Å². The van der Waals surface area contributed by atoms with Crippen molar-refractivity contribution in [2.45, 2.75) is 33.0 Å². The van der Waals surface area contributed by atoms with Crippen molar-refractivity contribution < 1.29 is 22.7 Å². The number of hydrogen-bond donors (Lipinski definition) is 0. The van der Waals surface area contributed by atoms with Crippen LogP contribution in [-0.4, -0.2) is 25.2 Å². The average Bonchev–Trinajstić information content (AvgIpc) is 2.35. The fraction of sp³-hybridized carbons (Fsp3) is 0.500. The van der Waals surface area contributed by atoms with Gasteiger partial charge in [0.1, 0.15) is 6.54 Å². The molecule has 0 spiro atoms. The van der Waals surface area contributed by atoms with Crippen LogP contribution in [0.5, 0.6) is 0 Å². The molecule has 3 nitrogen and oxygen atoms in total. The lowest BCUT2D eigenvalue weighted by Crippen LogP contribution is -2.36. The largest absolute Gasteiger partial charge is 0.465 e. The Morgan fingerprint density at radius 2 is 2.00 bits per heavy atom. The molecule has 118 valence electrons. The number of esters is 1. The van der Waals surface area contributed by atoms with Gasteiger partial charge in [0.25, 0.3) is 0 Å². The molecule has 0 saturated carbocycles. The standard InChI is InChI=1S/C14H17BrF3NO2/c1-4-21-13(20)8-19(9(2)3)12-6-5-10(7-11(12)15)14(16,17)18/h5-7,9H,4,8H2,1-3H3. The third-order valence-electron chi connectivity index (χ3n) is 2.81. The third-order valence-corrected chi connectivity index (χ3v) is 3.45. The van der Waals surface area contributed by atoms with Crippen molar-refractivity contribution in [2.24, 2.45) is 0 Å². The lowest BCUT2D eigenvalue weighted by molar-refractivity contribution is -0.141. The summed E-state index contributed by atoms with van der Waals surface area (Å²) in [6, 6.07) is 3.30. The van der Waals surface area contributed by atoms with Gasteiger partial charge in [0.05, 0.1) is 17.9 Å². The Morgan fingerprint density at radius 3 is 2.43 bits per heavy atom. The zero-order valence-electron chi connectivity index (χ0n) is 12.0. The smallest absolute Gasteiger partial charge is 0.416 e. The fourth-order valence-corrected chi connectivity index (χ4v) is 2.41. The Hall–Kier alpha value is -1.24. The first-order chi connectivity index (χ1) is 9.66. The normalized spacial score (nSPS) is 11.6. The molecule has 0 aliphatic heterocycles. The number of ether oxygens (including phenoxy) is 1. The van der Waals surface area contributed by atoms with Crippen molar-refractivity contribution in [3.63, 3.8) is 0 Å². The van der Waals surface area contributed by atoms with E-state index < -0.39 is 17.7 Å². The number of rotatable bonds is 5. The second kappa shape index (κ2) is 7.15. The van der Waals surface area contributed by atoms with Gasteiger partial charge >= 0.3 is 12.1 Å². The van der Waals surface area contributed by atoms with Crippen molar-refractivity contribution in [2.75, 3.05) is 18.1 Å². The highest BCUT2D eigenvalue weighted by Gasteiger charge is 2.31. The summed E-state index contributed by atoms with van der Waals surface area (Å²) in [4.78, 5) is 13.3. The molecule has 0 atom stereocenters. The number of halogens is 4. The Labute approximate surface area is 130 Å². The molecule has 1 aromatic carbocycles. The Balaban J connectivity index is 3.07. The fourth-order valence-electron chi connectivity index (χ4n) is 1.81. The topological polar surface area (TPSA) is 29.5 Å². The lowest BCUT2D eigenvalue weighted by Gasteiger charge is -2.29. The first kappa shape index (κ1) is 17.8. The molecule has 7 heteroatoms. The van der Waals surface area contributed by atoms with E-state index in [2.05, 4.69) is 15.9 Å². The molecule has 0 bridgehead atoms. The molecule has 1 aromatic rings. The van der Waals surface area contributed by atoms with Crippen LogP contribution in [0.3, 0.4) is 0 Å². The van der Waals surface area contributed by atoms with Crippen LogP contribution in [0, 0.1) is 0 Å². The summed E-state index contributed by atoms with van der Waals surface area (Å²) >= 11 is 3.14. The maximum Gasteiger partial charge on any atom is 0.416 e. The Morgan fingerprint density at radius 1 is 1.38 bits per heavy atom. The van der Waals surface area contributed by atoms with Crippen molar-refractivity contribution >= 4 is 27.6 Å². The van der Waals surface area contributed by atoms with E-state index in [1.54, 1.807) is 11.8 Å². The van der Waals surface area contributed by atoms with E-state index in [1.165, 1.54) is 6.07 Å². The summed E-state index contributed by atoms with van der Waals surface area (Å²) < 4.78 is 43.2. The maximum absolute atomic E-state index is 12.7. The van der Waals surface area contributed by atoms with Gasteiger partial charge in [-0.1, -0.05) is 0 Å². The first-order valence-corrected chi connectivity index (χ1v) is 7.25. The van der Waals surface area contributed by atoms with Crippen molar-refractivity contribution in [1.29, 1.82) is 0 Å². The van der Waals surface area contributed by atoms with Crippen LogP contribution in [0.15, 0.2) is 22.7 Å². The van der Waals surface area contributed by atoms with Crippen LogP contribution in [-0.2, 0) is 15.7 Å². The minimum Gasteiger partial charge on any atom is -0.465 e. The third kappa shape index (κ3) is 4.91. The number of hydrogen-bond acceptors (Lipinski definition) is 3. The minimum atomic E-state index is -4.40. The van der Waals surface area contributed by atoms with Crippen LogP contribution in [0.2, 0.25) is 0 Å². The van der Waals surface area contributed by atoms with E-state index in [-0.39, 0.29) is 23.7 Å². The highest BCUT2D eigenvalue weighted by molar-refractivity contribution is 9.10. The number of alkyl halides is 3. The van der Waals surface area contributed by atoms with Gasteiger partial charge in [-0.15, -0.1) is 0 Å². The van der Waals surface area contributed by atoms with Crippen LogP contribution in [0.25, 0.3) is 0 Å². The van der Waals surface area contributed by atoms with Crippen molar-refractivity contribution in [3.05, 3.63) is 28.2 Å². The molecule has 21 heavy (non-hydrogen) atoms. The first-order valence-electron chi connectivity index (χ1n) is 6.45. The molecular formula is C14H17BrF3NO2. The minimum absolute atomic E-state index is 0.0184. The highest BCUT2D eigenvalue weighted by Crippen LogP contribution is 2.35. The quantitative estimate of drug-likeness (QED) is 0.728. The van der Waals surface area contributed by atoms with E-state index in [1.807, 2.05) is 13.8 Å². The molecule has 0 aliphatic carbocycles. The predicted octanol–water partition coefficient (Wildman–Crippen LogP) is 4.25. The molecule has 0 N–H and O–H groups in total. The summed E-state index contributed by atoms with van der Waals surface area (Å²) in [5.41, 5.74) is -0.219. The second-order valence-electron chi connectivity index (χ2n) is 4.69. The number of carbonyl (C=O) groups excluding carboxylic acids is 1. The summed E-state index contributed by atoms with van der Waals surface area (Å²) in [5, 5.41) is 0. The Bertz CT molecular complexity index is 503. The molecule has 0 fully saturated rings. The molecule has 0 amide bonds. The summed E-state index contributed by atoms with van der Waals surface area (Å²) in [5.74, 6) is -0.419. The van der Waals surface area contributed by atoms with E-state index in [4.69, 9.17) is 4.74 Å². The van der Waals surface area contributed by atoms with Gasteiger partial charge in [-0.25, -0.2) is 0 Å². The van der Waals surface area contributed by atoms with Gasteiger partial charge in [0.2, 0.25) is 0 Å². The molecule has 0 aliphatic rings. The highest BCUT2D eigenvalue weighted by atomic mass is 79.9. The van der Waals surface area contributed by atoms with Crippen LogP contribution in [0.1, 0.15) is 26.3 Å². The van der Waals surface area contributed by atoms with Crippen molar-refractivity contribution in [3.8, 4) is 0 Å². The van der Waals surface area contributed by atoms with Gasteiger partial charge < -0.3 is 9.64 Å².